The van der Waals surface area contributed by atoms with E-state index >= 15 is 0 Å². The summed E-state index contributed by atoms with van der Waals surface area (Å²) in [5.41, 5.74) is 1.57. The largest absolute Gasteiger partial charge is 0.347 e. The van der Waals surface area contributed by atoms with E-state index < -0.39 is 6.04 Å². The van der Waals surface area contributed by atoms with Gasteiger partial charge in [-0.1, -0.05) is 61.8 Å². The number of carbonyl (C=O) groups excluding carboxylic acids is 1. The van der Waals surface area contributed by atoms with Crippen molar-refractivity contribution in [2.24, 2.45) is 0 Å². The van der Waals surface area contributed by atoms with E-state index in [1.807, 2.05) is 35.2 Å². The Morgan fingerprint density at radius 3 is 2.52 bits per heavy atom. The van der Waals surface area contributed by atoms with E-state index in [2.05, 4.69) is 23.5 Å². The number of aromatic nitrogens is 2. The monoisotopic (exact) mass is 380 g/mol. The third-order valence-corrected chi connectivity index (χ3v) is 5.20. The van der Waals surface area contributed by atoms with E-state index in [9.17, 15) is 4.79 Å². The summed E-state index contributed by atoms with van der Waals surface area (Å²) in [5.74, 6) is 0.636. The Balaban J connectivity index is 2.11. The molecule has 140 valence electrons. The van der Waals surface area contributed by atoms with Crippen molar-refractivity contribution in [3.63, 3.8) is 0 Å². The van der Waals surface area contributed by atoms with Gasteiger partial charge in [0.05, 0.1) is 11.9 Å². The molecule has 0 saturated carbocycles. The van der Waals surface area contributed by atoms with Gasteiger partial charge in [-0.2, -0.15) is 0 Å². The first-order valence-electron chi connectivity index (χ1n) is 9.12. The highest BCUT2D eigenvalue weighted by molar-refractivity contribution is 7.71. The summed E-state index contributed by atoms with van der Waals surface area (Å²) >= 11 is 5.70. The second-order valence-corrected chi connectivity index (χ2v) is 6.86. The molecule has 6 heteroatoms. The number of nitrogens with one attached hydrogen (secondary N) is 1. The van der Waals surface area contributed by atoms with Crippen LogP contribution in [0.5, 0.6) is 0 Å². The predicted molar refractivity (Wildman–Crippen MR) is 112 cm³/mol. The summed E-state index contributed by atoms with van der Waals surface area (Å²) in [6, 6.07) is 9.18. The lowest BCUT2D eigenvalue weighted by Gasteiger charge is -2.31. The molecule has 1 aromatic carbocycles. The highest BCUT2D eigenvalue weighted by Crippen LogP contribution is 2.26. The number of hydrogen-bond acceptors (Lipinski definition) is 4. The number of rotatable bonds is 6. The van der Waals surface area contributed by atoms with Gasteiger partial charge in [-0.05, 0) is 31.0 Å². The van der Waals surface area contributed by atoms with Crippen LogP contribution in [-0.2, 0) is 4.79 Å². The van der Waals surface area contributed by atoms with Gasteiger partial charge in [0.25, 0.3) is 0 Å². The van der Waals surface area contributed by atoms with Gasteiger partial charge >= 0.3 is 0 Å². The summed E-state index contributed by atoms with van der Waals surface area (Å²) < 4.78 is 2.29. The molecule has 1 amide bonds. The smallest absolute Gasteiger partial charge is 0.250 e. The summed E-state index contributed by atoms with van der Waals surface area (Å²) in [5, 5.41) is 2.97. The van der Waals surface area contributed by atoms with Gasteiger partial charge in [-0.3, -0.25) is 4.79 Å². The molecule has 2 heterocycles. The van der Waals surface area contributed by atoms with Crippen LogP contribution in [-0.4, -0.2) is 33.4 Å². The van der Waals surface area contributed by atoms with Crippen molar-refractivity contribution in [2.75, 3.05) is 18.4 Å². The molecule has 1 unspecified atom stereocenters. The van der Waals surface area contributed by atoms with Gasteiger partial charge in [-0.25, -0.2) is 4.98 Å². The fourth-order valence-electron chi connectivity index (χ4n) is 3.41. The zero-order valence-corrected chi connectivity index (χ0v) is 16.1. The van der Waals surface area contributed by atoms with E-state index in [1.165, 1.54) is 6.42 Å². The van der Waals surface area contributed by atoms with Crippen molar-refractivity contribution in [2.45, 2.75) is 25.3 Å². The van der Waals surface area contributed by atoms with Crippen LogP contribution < -0.4 is 5.32 Å². The van der Waals surface area contributed by atoms with Gasteiger partial charge < -0.3 is 14.8 Å². The van der Waals surface area contributed by atoms with Gasteiger partial charge in [0.15, 0.2) is 0 Å². The standard InChI is InChI=1S/C21H24N4OS/c1-3-17-19(22-4-2)23-15-25(21(17)27)18(16-11-7-5-8-12-16)20(26)24-13-9-6-10-14-24/h3-5,7-8,11-12,15,18,22H,1-2,6,9-10,13-14H2. The van der Waals surface area contributed by atoms with E-state index in [0.29, 0.717) is 16.0 Å². The van der Waals surface area contributed by atoms with Crippen molar-refractivity contribution in [3.05, 3.63) is 71.8 Å². The van der Waals surface area contributed by atoms with Crippen molar-refractivity contribution in [1.82, 2.24) is 14.5 Å². The molecule has 3 rings (SSSR count). The quantitative estimate of drug-likeness (QED) is 0.754. The van der Waals surface area contributed by atoms with Crippen LogP contribution in [0.1, 0.15) is 36.4 Å². The second kappa shape index (κ2) is 8.77. The molecule has 27 heavy (non-hydrogen) atoms. The Bertz CT molecular complexity index is 885. The van der Waals surface area contributed by atoms with Crippen molar-refractivity contribution < 1.29 is 4.79 Å². The normalized spacial score (nSPS) is 15.0. The molecule has 1 N–H and O–H groups in total. The first kappa shape index (κ1) is 19.0. The van der Waals surface area contributed by atoms with Crippen molar-refractivity contribution >= 4 is 30.0 Å². The number of piperidine rings is 1. The fraction of sp³-hybridized carbons (Fsp3) is 0.286. The minimum absolute atomic E-state index is 0.0539. The Morgan fingerprint density at radius 1 is 1.19 bits per heavy atom. The van der Waals surface area contributed by atoms with E-state index in [0.717, 1.165) is 31.5 Å². The van der Waals surface area contributed by atoms with Crippen LogP contribution >= 0.6 is 12.2 Å². The maximum atomic E-state index is 13.4. The third kappa shape index (κ3) is 4.01. The minimum Gasteiger partial charge on any atom is -0.347 e. The molecule has 1 saturated heterocycles. The van der Waals surface area contributed by atoms with Crippen LogP contribution in [0.3, 0.4) is 0 Å². The Hall–Kier alpha value is -2.73. The van der Waals surface area contributed by atoms with Crippen LogP contribution in [0.2, 0.25) is 0 Å². The molecule has 1 aromatic heterocycles. The Kier molecular flexibility index (Phi) is 6.19. The maximum Gasteiger partial charge on any atom is 0.250 e. The predicted octanol–water partition coefficient (Wildman–Crippen LogP) is 4.41. The van der Waals surface area contributed by atoms with E-state index in [-0.39, 0.29) is 5.91 Å². The molecular weight excluding hydrogens is 356 g/mol. The number of nitrogens with zero attached hydrogens (tertiary/aromatic N) is 3. The molecule has 1 aliphatic heterocycles. The molecule has 0 bridgehead atoms. The van der Waals surface area contributed by atoms with Crippen LogP contribution in [0.4, 0.5) is 5.82 Å². The molecule has 1 aliphatic rings. The number of likely N-dealkylation sites (tertiary alicyclic amines) is 1. The van der Waals surface area contributed by atoms with Gasteiger partial charge in [0, 0.05) is 13.1 Å². The number of benzene rings is 1. The lowest BCUT2D eigenvalue weighted by Crippen LogP contribution is -2.41. The molecule has 1 atom stereocenters. The first-order chi connectivity index (χ1) is 13.2. The molecule has 0 radical (unpaired) electrons. The summed E-state index contributed by atoms with van der Waals surface area (Å²) in [7, 11) is 0. The first-order valence-corrected chi connectivity index (χ1v) is 9.53. The molecular formula is C21H24N4OS. The minimum atomic E-state index is -0.541. The lowest BCUT2D eigenvalue weighted by molar-refractivity contribution is -0.134. The number of carbonyl (C=O) groups is 1. The fourth-order valence-corrected chi connectivity index (χ4v) is 3.74. The third-order valence-electron chi connectivity index (χ3n) is 4.77. The molecule has 2 aromatic rings. The Morgan fingerprint density at radius 2 is 1.89 bits per heavy atom. The highest BCUT2D eigenvalue weighted by atomic mass is 32.1. The average molecular weight is 381 g/mol. The lowest BCUT2D eigenvalue weighted by atomic mass is 10.0. The summed E-state index contributed by atoms with van der Waals surface area (Å²) in [6.45, 7) is 9.09. The zero-order valence-electron chi connectivity index (χ0n) is 15.3. The van der Waals surface area contributed by atoms with Gasteiger partial charge in [0.1, 0.15) is 16.5 Å². The molecule has 0 spiro atoms. The summed E-state index contributed by atoms with van der Waals surface area (Å²) in [6.07, 6.45) is 8.07. The van der Waals surface area contributed by atoms with Gasteiger partial charge in [-0.15, -0.1) is 0 Å². The second-order valence-electron chi connectivity index (χ2n) is 6.47. The summed E-state index contributed by atoms with van der Waals surface area (Å²) in [4.78, 5) is 19.8. The van der Waals surface area contributed by atoms with E-state index in [1.54, 1.807) is 23.2 Å². The average Bonchev–Trinajstić information content (AvgIpc) is 2.71. The van der Waals surface area contributed by atoms with Crippen LogP contribution in [0.15, 0.2) is 56.0 Å². The topological polar surface area (TPSA) is 50.2 Å². The maximum absolute atomic E-state index is 13.4. The molecule has 1 fully saturated rings. The van der Waals surface area contributed by atoms with Crippen molar-refractivity contribution in [3.8, 4) is 0 Å². The van der Waals surface area contributed by atoms with Crippen molar-refractivity contribution in [1.29, 1.82) is 0 Å². The number of anilines is 1. The van der Waals surface area contributed by atoms with E-state index in [4.69, 9.17) is 12.2 Å². The SMILES string of the molecule is C=CNc1ncn(C(C(=O)N2CCCCC2)c2ccccc2)c(=S)c1C=C. The zero-order chi connectivity index (χ0) is 19.2. The van der Waals surface area contributed by atoms with Crippen LogP contribution in [0.25, 0.3) is 6.08 Å². The number of hydrogen-bond donors (Lipinski definition) is 1. The van der Waals surface area contributed by atoms with Gasteiger partial charge in [0.2, 0.25) is 5.91 Å². The van der Waals surface area contributed by atoms with Crippen LogP contribution in [0, 0.1) is 4.64 Å². The Labute approximate surface area is 165 Å². The highest BCUT2D eigenvalue weighted by Gasteiger charge is 2.29. The molecule has 0 aliphatic carbocycles. The molecule has 5 nitrogen and oxygen atoms in total. The number of amides is 1.